The highest BCUT2D eigenvalue weighted by Gasteiger charge is 2.14. The summed E-state index contributed by atoms with van der Waals surface area (Å²) in [5.41, 5.74) is 0.994. The summed E-state index contributed by atoms with van der Waals surface area (Å²) in [6, 6.07) is 6.17. The third-order valence-corrected chi connectivity index (χ3v) is 5.13. The molecule has 0 saturated carbocycles. The molecule has 0 saturated heterocycles. The number of aliphatic hydroxyl groups excluding tert-OH is 1. The highest BCUT2D eigenvalue weighted by Crippen LogP contribution is 2.36. The number of thiophene rings is 3. The molecule has 0 aliphatic carbocycles. The second kappa shape index (κ2) is 3.72. The van der Waals surface area contributed by atoms with Crippen molar-refractivity contribution in [1.29, 1.82) is 0 Å². The van der Waals surface area contributed by atoms with Crippen LogP contribution < -0.4 is 0 Å². The summed E-state index contributed by atoms with van der Waals surface area (Å²) in [5, 5.41) is 16.2. The van der Waals surface area contributed by atoms with E-state index in [0.29, 0.717) is 0 Å². The van der Waals surface area contributed by atoms with E-state index < -0.39 is 6.10 Å². The minimum absolute atomic E-state index is 0.458. The first-order chi connectivity index (χ1) is 7.34. The molecular weight excluding hydrogens is 244 g/mol. The van der Waals surface area contributed by atoms with Crippen molar-refractivity contribution in [3.63, 3.8) is 0 Å². The average Bonchev–Trinajstić information content (AvgIpc) is 2.92. The highest BCUT2D eigenvalue weighted by molar-refractivity contribution is 7.27. The summed E-state index contributed by atoms with van der Waals surface area (Å²) in [5.74, 6) is 0. The maximum atomic E-state index is 10.1. The van der Waals surface area contributed by atoms with Crippen LogP contribution in [-0.4, -0.2) is 5.11 Å². The second-order valence-electron chi connectivity index (χ2n) is 3.26. The summed E-state index contributed by atoms with van der Waals surface area (Å²) in [6.07, 6.45) is -0.458. The molecule has 3 heterocycles. The van der Waals surface area contributed by atoms with Gasteiger partial charge in [0.15, 0.2) is 0 Å². The van der Waals surface area contributed by atoms with Crippen molar-refractivity contribution >= 4 is 43.4 Å². The fraction of sp³-hybridized carbons (Fsp3) is 0.0909. The molecule has 0 spiro atoms. The van der Waals surface area contributed by atoms with E-state index in [1.54, 1.807) is 34.0 Å². The zero-order valence-corrected chi connectivity index (χ0v) is 10.2. The van der Waals surface area contributed by atoms with Crippen LogP contribution in [0.1, 0.15) is 16.5 Å². The minimum atomic E-state index is -0.458. The lowest BCUT2D eigenvalue weighted by Crippen LogP contribution is -1.93. The van der Waals surface area contributed by atoms with Crippen LogP contribution in [0, 0.1) is 0 Å². The summed E-state index contributed by atoms with van der Waals surface area (Å²) < 4.78 is 2.54. The van der Waals surface area contributed by atoms with E-state index in [2.05, 4.69) is 17.5 Å². The van der Waals surface area contributed by atoms with E-state index in [9.17, 15) is 5.11 Å². The predicted molar refractivity (Wildman–Crippen MR) is 68.1 cm³/mol. The molecule has 1 unspecified atom stereocenters. The van der Waals surface area contributed by atoms with Gasteiger partial charge in [0.2, 0.25) is 0 Å². The van der Waals surface area contributed by atoms with Gasteiger partial charge in [-0.05, 0) is 39.9 Å². The molecule has 76 valence electrons. The molecule has 0 aliphatic heterocycles. The van der Waals surface area contributed by atoms with Gasteiger partial charge in [-0.15, -0.1) is 22.7 Å². The number of hydrogen-bond acceptors (Lipinski definition) is 4. The van der Waals surface area contributed by atoms with Crippen molar-refractivity contribution in [2.75, 3.05) is 0 Å². The molecule has 3 aromatic rings. The van der Waals surface area contributed by atoms with Gasteiger partial charge in [-0.2, -0.15) is 11.3 Å². The molecule has 4 heteroatoms. The van der Waals surface area contributed by atoms with Crippen LogP contribution in [0.4, 0.5) is 0 Å². The van der Waals surface area contributed by atoms with Gasteiger partial charge < -0.3 is 5.11 Å². The van der Waals surface area contributed by atoms with Crippen LogP contribution in [0.2, 0.25) is 0 Å². The molecule has 0 aliphatic rings. The lowest BCUT2D eigenvalue weighted by molar-refractivity contribution is 0.225. The monoisotopic (exact) mass is 252 g/mol. The first kappa shape index (κ1) is 9.54. The van der Waals surface area contributed by atoms with Crippen LogP contribution >= 0.6 is 34.0 Å². The SMILES string of the molecule is OC(c1ccsc1)c1cc2sccc2s1. The standard InChI is InChI=1S/C11H8OS3/c12-11(7-1-3-13-6-7)10-5-9-8(15-10)2-4-14-9/h1-6,11-12H. The Balaban J connectivity index is 2.03. The summed E-state index contributed by atoms with van der Waals surface area (Å²) in [7, 11) is 0. The van der Waals surface area contributed by atoms with Crippen molar-refractivity contribution < 1.29 is 5.11 Å². The number of fused-ring (bicyclic) bond motifs is 1. The Bertz CT molecular complexity index is 533. The molecule has 0 fully saturated rings. The molecular formula is C11H8OS3. The average molecular weight is 252 g/mol. The Hall–Kier alpha value is -0.680. The van der Waals surface area contributed by atoms with Gasteiger partial charge in [-0.3, -0.25) is 0 Å². The molecule has 1 nitrogen and oxygen atoms in total. The zero-order chi connectivity index (χ0) is 10.3. The van der Waals surface area contributed by atoms with E-state index in [1.807, 2.05) is 16.8 Å². The molecule has 0 radical (unpaired) electrons. The first-order valence-corrected chi connectivity index (χ1v) is 7.15. The van der Waals surface area contributed by atoms with Crippen LogP contribution in [0.3, 0.4) is 0 Å². The normalized spacial score (nSPS) is 13.4. The largest absolute Gasteiger partial charge is 0.383 e. The Morgan fingerprint density at radius 3 is 2.80 bits per heavy atom. The van der Waals surface area contributed by atoms with Gasteiger partial charge >= 0.3 is 0 Å². The van der Waals surface area contributed by atoms with Crippen molar-refractivity contribution in [2.24, 2.45) is 0 Å². The number of hydrogen-bond donors (Lipinski definition) is 1. The molecule has 3 aromatic heterocycles. The quantitative estimate of drug-likeness (QED) is 0.728. The smallest absolute Gasteiger partial charge is 0.114 e. The highest BCUT2D eigenvalue weighted by atomic mass is 32.1. The van der Waals surface area contributed by atoms with Crippen molar-refractivity contribution in [3.8, 4) is 0 Å². The fourth-order valence-corrected chi connectivity index (χ4v) is 4.33. The van der Waals surface area contributed by atoms with E-state index in [4.69, 9.17) is 0 Å². The Morgan fingerprint density at radius 2 is 2.07 bits per heavy atom. The molecule has 1 N–H and O–H groups in total. The minimum Gasteiger partial charge on any atom is -0.383 e. The van der Waals surface area contributed by atoms with Gasteiger partial charge in [-0.1, -0.05) is 0 Å². The van der Waals surface area contributed by atoms with Crippen LogP contribution in [0.25, 0.3) is 9.40 Å². The topological polar surface area (TPSA) is 20.2 Å². The van der Waals surface area contributed by atoms with Gasteiger partial charge in [-0.25, -0.2) is 0 Å². The van der Waals surface area contributed by atoms with E-state index in [1.165, 1.54) is 9.40 Å². The van der Waals surface area contributed by atoms with Gasteiger partial charge in [0.1, 0.15) is 6.10 Å². The van der Waals surface area contributed by atoms with Crippen molar-refractivity contribution in [1.82, 2.24) is 0 Å². The third-order valence-electron chi connectivity index (χ3n) is 2.29. The Labute approximate surface area is 99.3 Å². The van der Waals surface area contributed by atoms with Crippen LogP contribution in [0.15, 0.2) is 34.3 Å². The van der Waals surface area contributed by atoms with Crippen molar-refractivity contribution in [3.05, 3.63) is 44.8 Å². The molecule has 15 heavy (non-hydrogen) atoms. The van der Waals surface area contributed by atoms with Crippen LogP contribution in [0.5, 0.6) is 0 Å². The summed E-state index contributed by atoms with van der Waals surface area (Å²) in [4.78, 5) is 1.04. The van der Waals surface area contributed by atoms with E-state index in [0.717, 1.165) is 10.4 Å². The van der Waals surface area contributed by atoms with Crippen molar-refractivity contribution in [2.45, 2.75) is 6.10 Å². The molecule has 1 atom stereocenters. The van der Waals surface area contributed by atoms with E-state index >= 15 is 0 Å². The zero-order valence-electron chi connectivity index (χ0n) is 7.71. The molecule has 0 amide bonds. The summed E-state index contributed by atoms with van der Waals surface area (Å²) in [6.45, 7) is 0. The Kier molecular flexibility index (Phi) is 2.36. The van der Waals surface area contributed by atoms with Gasteiger partial charge in [0.25, 0.3) is 0 Å². The summed E-state index contributed by atoms with van der Waals surface area (Å²) >= 11 is 5.02. The third kappa shape index (κ3) is 1.63. The number of aliphatic hydroxyl groups is 1. The Morgan fingerprint density at radius 1 is 1.13 bits per heavy atom. The van der Waals surface area contributed by atoms with Gasteiger partial charge in [0.05, 0.1) is 0 Å². The second-order valence-corrected chi connectivity index (χ2v) is 6.10. The fourth-order valence-electron chi connectivity index (χ4n) is 1.51. The maximum Gasteiger partial charge on any atom is 0.114 e. The lowest BCUT2D eigenvalue weighted by Gasteiger charge is -2.04. The predicted octanol–water partition coefficient (Wildman–Crippen LogP) is 4.11. The van der Waals surface area contributed by atoms with Crippen LogP contribution in [-0.2, 0) is 0 Å². The maximum absolute atomic E-state index is 10.1. The molecule has 0 bridgehead atoms. The number of rotatable bonds is 2. The van der Waals surface area contributed by atoms with E-state index in [-0.39, 0.29) is 0 Å². The lowest BCUT2D eigenvalue weighted by atomic mass is 10.2. The first-order valence-electron chi connectivity index (χ1n) is 4.52. The molecule has 0 aromatic carbocycles. The molecule has 3 rings (SSSR count). The van der Waals surface area contributed by atoms with Gasteiger partial charge in [0, 0.05) is 14.3 Å².